The van der Waals surface area contributed by atoms with E-state index in [4.69, 9.17) is 15.9 Å². The second-order valence-corrected chi connectivity index (χ2v) is 2.33. The summed E-state index contributed by atoms with van der Waals surface area (Å²) < 4.78 is 0. The Labute approximate surface area is 65.1 Å². The molecule has 1 aromatic rings. The molecule has 0 aliphatic heterocycles. The number of hydrogen-bond donors (Lipinski definition) is 3. The van der Waals surface area contributed by atoms with E-state index in [0.717, 1.165) is 5.56 Å². The third-order valence-corrected chi connectivity index (χ3v) is 1.55. The van der Waals surface area contributed by atoms with Crippen LogP contribution in [0.15, 0.2) is 18.2 Å². The molecule has 0 heterocycles. The minimum absolute atomic E-state index is 0.115. The Balaban J connectivity index is 3.02. The van der Waals surface area contributed by atoms with Gasteiger partial charge in [0, 0.05) is 12.1 Å². The molecule has 1 aromatic carbocycles. The van der Waals surface area contributed by atoms with Crippen LogP contribution < -0.4 is 5.73 Å². The van der Waals surface area contributed by atoms with E-state index in [2.05, 4.69) is 0 Å². The van der Waals surface area contributed by atoms with Crippen molar-refractivity contribution in [1.29, 1.82) is 0 Å². The van der Waals surface area contributed by atoms with Crippen molar-refractivity contribution in [3.05, 3.63) is 29.3 Å². The maximum atomic E-state index is 9.13. The number of benzene rings is 1. The highest BCUT2D eigenvalue weighted by molar-refractivity contribution is 5.35. The Bertz CT molecular complexity index is 248. The van der Waals surface area contributed by atoms with Crippen LogP contribution in [-0.4, -0.2) is 10.2 Å². The van der Waals surface area contributed by atoms with Gasteiger partial charge in [0.1, 0.15) is 5.75 Å². The lowest BCUT2D eigenvalue weighted by Gasteiger charge is -2.02. The predicted molar refractivity (Wildman–Crippen MR) is 41.9 cm³/mol. The Hall–Kier alpha value is -1.06. The average molecular weight is 153 g/mol. The fourth-order valence-corrected chi connectivity index (χ4v) is 0.892. The van der Waals surface area contributed by atoms with Crippen molar-refractivity contribution in [2.24, 2.45) is 5.73 Å². The van der Waals surface area contributed by atoms with E-state index in [9.17, 15) is 0 Å². The van der Waals surface area contributed by atoms with Crippen molar-refractivity contribution in [2.75, 3.05) is 0 Å². The Morgan fingerprint density at radius 1 is 1.36 bits per heavy atom. The highest BCUT2D eigenvalue weighted by atomic mass is 16.3. The molecule has 0 spiro atoms. The highest BCUT2D eigenvalue weighted by Gasteiger charge is 1.99. The molecule has 11 heavy (non-hydrogen) atoms. The molecule has 0 atom stereocenters. The SMILES string of the molecule is NCc1ccc(O)c(CO)c1. The number of aromatic hydroxyl groups is 1. The predicted octanol–water partition coefficient (Wildman–Crippen LogP) is 0.343. The molecule has 3 nitrogen and oxygen atoms in total. The number of hydrogen-bond acceptors (Lipinski definition) is 3. The summed E-state index contributed by atoms with van der Waals surface area (Å²) in [7, 11) is 0. The molecule has 60 valence electrons. The van der Waals surface area contributed by atoms with Crippen LogP contribution in [0.3, 0.4) is 0 Å². The number of phenols is 1. The molecule has 1 rings (SSSR count). The van der Waals surface area contributed by atoms with Gasteiger partial charge in [-0.25, -0.2) is 0 Å². The molecule has 0 fully saturated rings. The lowest BCUT2D eigenvalue weighted by atomic mass is 10.1. The zero-order valence-electron chi connectivity index (χ0n) is 6.12. The van der Waals surface area contributed by atoms with Crippen molar-refractivity contribution in [2.45, 2.75) is 13.2 Å². The first-order valence-electron chi connectivity index (χ1n) is 3.39. The van der Waals surface area contributed by atoms with Crippen LogP contribution >= 0.6 is 0 Å². The zero-order chi connectivity index (χ0) is 8.27. The summed E-state index contributed by atoms with van der Waals surface area (Å²) in [5.41, 5.74) is 6.79. The lowest BCUT2D eigenvalue weighted by molar-refractivity contribution is 0.275. The quantitative estimate of drug-likeness (QED) is 0.574. The maximum absolute atomic E-state index is 9.13. The van der Waals surface area contributed by atoms with Gasteiger partial charge in [0.05, 0.1) is 6.61 Å². The van der Waals surface area contributed by atoms with Gasteiger partial charge in [0.15, 0.2) is 0 Å². The maximum Gasteiger partial charge on any atom is 0.121 e. The summed E-state index contributed by atoms with van der Waals surface area (Å²) in [6.45, 7) is 0.271. The first kappa shape index (κ1) is 8.04. The van der Waals surface area contributed by atoms with E-state index >= 15 is 0 Å². The monoisotopic (exact) mass is 153 g/mol. The second kappa shape index (κ2) is 3.37. The van der Waals surface area contributed by atoms with Gasteiger partial charge in [-0.3, -0.25) is 0 Å². The van der Waals surface area contributed by atoms with Crippen LogP contribution in [0.4, 0.5) is 0 Å². The van der Waals surface area contributed by atoms with Crippen LogP contribution in [0.25, 0.3) is 0 Å². The van der Waals surface area contributed by atoms with Crippen LogP contribution in [-0.2, 0) is 13.2 Å². The molecule has 0 radical (unpaired) electrons. The zero-order valence-corrected chi connectivity index (χ0v) is 6.12. The molecular weight excluding hydrogens is 142 g/mol. The van der Waals surface area contributed by atoms with Gasteiger partial charge in [-0.05, 0) is 17.7 Å². The molecule has 0 amide bonds. The first-order valence-corrected chi connectivity index (χ1v) is 3.39. The second-order valence-electron chi connectivity index (χ2n) is 2.33. The largest absolute Gasteiger partial charge is 0.508 e. The van der Waals surface area contributed by atoms with Crippen LogP contribution in [0, 0.1) is 0 Å². The van der Waals surface area contributed by atoms with E-state index in [1.165, 1.54) is 6.07 Å². The number of nitrogens with two attached hydrogens (primary N) is 1. The van der Waals surface area contributed by atoms with Crippen molar-refractivity contribution in [1.82, 2.24) is 0 Å². The number of aliphatic hydroxyl groups is 1. The standard InChI is InChI=1S/C8H11NO2/c9-4-6-1-2-8(11)7(3-6)5-10/h1-3,10-11H,4-5,9H2. The van der Waals surface area contributed by atoms with Crippen molar-refractivity contribution < 1.29 is 10.2 Å². The molecule has 0 unspecified atom stereocenters. The fourth-order valence-electron chi connectivity index (χ4n) is 0.892. The molecule has 0 aliphatic carbocycles. The first-order chi connectivity index (χ1) is 5.27. The van der Waals surface area contributed by atoms with Crippen molar-refractivity contribution >= 4 is 0 Å². The molecular formula is C8H11NO2. The number of aliphatic hydroxyl groups excluding tert-OH is 1. The van der Waals surface area contributed by atoms with Gasteiger partial charge in [-0.2, -0.15) is 0 Å². The topological polar surface area (TPSA) is 66.5 Å². The smallest absolute Gasteiger partial charge is 0.121 e. The number of rotatable bonds is 2. The molecule has 0 aliphatic rings. The minimum Gasteiger partial charge on any atom is -0.508 e. The summed E-state index contributed by atoms with van der Waals surface area (Å²) in [5, 5.41) is 17.9. The van der Waals surface area contributed by atoms with Crippen molar-refractivity contribution in [3.63, 3.8) is 0 Å². The highest BCUT2D eigenvalue weighted by Crippen LogP contribution is 2.17. The molecule has 4 N–H and O–H groups in total. The summed E-state index contributed by atoms with van der Waals surface area (Å²) in [5.74, 6) is 0.115. The average Bonchev–Trinajstić information content (AvgIpc) is 2.05. The van der Waals surface area contributed by atoms with Gasteiger partial charge in [0.25, 0.3) is 0 Å². The Morgan fingerprint density at radius 2 is 2.09 bits per heavy atom. The van der Waals surface area contributed by atoms with Crippen molar-refractivity contribution in [3.8, 4) is 5.75 Å². The van der Waals surface area contributed by atoms with Gasteiger partial charge in [-0.1, -0.05) is 6.07 Å². The van der Waals surface area contributed by atoms with Crippen LogP contribution in [0.2, 0.25) is 0 Å². The summed E-state index contributed by atoms with van der Waals surface area (Å²) in [6, 6.07) is 4.96. The fraction of sp³-hybridized carbons (Fsp3) is 0.250. The molecule has 0 saturated carbocycles. The summed E-state index contributed by atoms with van der Waals surface area (Å²) >= 11 is 0. The molecule has 0 aromatic heterocycles. The molecule has 3 heteroatoms. The molecule has 0 saturated heterocycles. The third kappa shape index (κ3) is 1.69. The molecule has 0 bridgehead atoms. The van der Waals surface area contributed by atoms with Gasteiger partial charge >= 0.3 is 0 Å². The normalized spacial score (nSPS) is 10.0. The Morgan fingerprint density at radius 3 is 2.64 bits per heavy atom. The Kier molecular flexibility index (Phi) is 2.46. The minimum atomic E-state index is -0.153. The summed E-state index contributed by atoms with van der Waals surface area (Å²) in [6.07, 6.45) is 0. The van der Waals surface area contributed by atoms with E-state index in [-0.39, 0.29) is 12.4 Å². The van der Waals surface area contributed by atoms with E-state index in [0.29, 0.717) is 12.1 Å². The van der Waals surface area contributed by atoms with E-state index in [1.807, 2.05) is 0 Å². The van der Waals surface area contributed by atoms with Crippen LogP contribution in [0.5, 0.6) is 5.75 Å². The van der Waals surface area contributed by atoms with Gasteiger partial charge in [-0.15, -0.1) is 0 Å². The van der Waals surface area contributed by atoms with Crippen LogP contribution in [0.1, 0.15) is 11.1 Å². The van der Waals surface area contributed by atoms with E-state index in [1.54, 1.807) is 12.1 Å². The third-order valence-electron chi connectivity index (χ3n) is 1.55. The summed E-state index contributed by atoms with van der Waals surface area (Å²) in [4.78, 5) is 0. The van der Waals surface area contributed by atoms with Gasteiger partial charge < -0.3 is 15.9 Å². The van der Waals surface area contributed by atoms with E-state index < -0.39 is 0 Å². The lowest BCUT2D eigenvalue weighted by Crippen LogP contribution is -1.97. The van der Waals surface area contributed by atoms with Gasteiger partial charge in [0.2, 0.25) is 0 Å².